The minimum atomic E-state index is -0.202. The number of nitrogens with zero attached hydrogens (tertiary/aromatic N) is 3. The van der Waals surface area contributed by atoms with Crippen molar-refractivity contribution in [1.29, 1.82) is 0 Å². The fourth-order valence-electron chi connectivity index (χ4n) is 1.73. The quantitative estimate of drug-likeness (QED) is 0.845. The van der Waals surface area contributed by atoms with Crippen LogP contribution in [0.25, 0.3) is 0 Å². The monoisotopic (exact) mass is 268 g/mol. The molecule has 0 bridgehead atoms. The predicted molar refractivity (Wildman–Crippen MR) is 67.4 cm³/mol. The fourth-order valence-corrected chi connectivity index (χ4v) is 1.73. The smallest absolute Gasteiger partial charge is 0.317 e. The highest BCUT2D eigenvalue weighted by molar-refractivity contribution is 5.74. The van der Waals surface area contributed by atoms with Crippen molar-refractivity contribution in [1.82, 2.24) is 20.4 Å². The molecule has 1 fully saturated rings. The number of aromatic nitrogens is 2. The number of nitrogens with one attached hydrogen (secondary N) is 1. The average molecular weight is 268 g/mol. The molecule has 1 saturated carbocycles. The van der Waals surface area contributed by atoms with Crippen LogP contribution < -0.4 is 5.32 Å². The van der Waals surface area contributed by atoms with Crippen molar-refractivity contribution in [3.63, 3.8) is 0 Å². The molecule has 1 N–H and O–H groups in total. The molecule has 1 aliphatic carbocycles. The number of ether oxygens (including phenoxy) is 1. The zero-order chi connectivity index (χ0) is 13.8. The topological polar surface area (TPSA) is 80.5 Å². The summed E-state index contributed by atoms with van der Waals surface area (Å²) in [6.45, 7) is 4.60. The van der Waals surface area contributed by atoms with Crippen LogP contribution in [0.15, 0.2) is 4.52 Å². The summed E-state index contributed by atoms with van der Waals surface area (Å²) in [6, 6.07) is 0.274. The van der Waals surface area contributed by atoms with Crippen molar-refractivity contribution in [2.45, 2.75) is 45.4 Å². The van der Waals surface area contributed by atoms with Gasteiger partial charge in [0.05, 0.1) is 6.54 Å². The molecule has 1 aromatic rings. The number of amides is 2. The van der Waals surface area contributed by atoms with E-state index in [-0.39, 0.29) is 18.7 Å². The third kappa shape index (κ3) is 3.66. The van der Waals surface area contributed by atoms with Gasteiger partial charge in [-0.1, -0.05) is 5.16 Å². The zero-order valence-corrected chi connectivity index (χ0v) is 11.5. The van der Waals surface area contributed by atoms with E-state index >= 15 is 0 Å². The molecular weight excluding hydrogens is 248 g/mol. The maximum absolute atomic E-state index is 11.7. The highest BCUT2D eigenvalue weighted by Gasteiger charge is 2.29. The van der Waals surface area contributed by atoms with Gasteiger partial charge in [0.25, 0.3) is 0 Å². The number of hydrogen-bond donors (Lipinski definition) is 1. The third-order valence-electron chi connectivity index (χ3n) is 3.07. The fraction of sp³-hybridized carbons (Fsp3) is 0.750. The molecule has 1 heterocycles. The van der Waals surface area contributed by atoms with E-state index in [0.29, 0.717) is 24.4 Å². The van der Waals surface area contributed by atoms with Gasteiger partial charge in [-0.2, -0.15) is 4.98 Å². The van der Waals surface area contributed by atoms with Gasteiger partial charge in [-0.25, -0.2) is 4.79 Å². The maximum Gasteiger partial charge on any atom is 0.317 e. The van der Waals surface area contributed by atoms with Gasteiger partial charge in [-0.3, -0.25) is 0 Å². The molecule has 0 saturated heterocycles. The van der Waals surface area contributed by atoms with Crippen molar-refractivity contribution in [2.24, 2.45) is 0 Å². The molecule has 0 unspecified atom stereocenters. The van der Waals surface area contributed by atoms with Crippen molar-refractivity contribution >= 4 is 6.03 Å². The molecule has 106 valence electrons. The highest BCUT2D eigenvalue weighted by atomic mass is 16.5. The van der Waals surface area contributed by atoms with Crippen molar-refractivity contribution in [3.05, 3.63) is 11.7 Å². The number of carbonyl (C=O) groups is 1. The Kier molecular flexibility index (Phi) is 4.36. The van der Waals surface area contributed by atoms with Gasteiger partial charge in [0.15, 0.2) is 5.82 Å². The first-order chi connectivity index (χ1) is 9.11. The average Bonchev–Trinajstić information content (AvgIpc) is 3.14. The Hall–Kier alpha value is -1.63. The van der Waals surface area contributed by atoms with E-state index in [0.717, 1.165) is 12.8 Å². The Morgan fingerprint density at radius 1 is 1.63 bits per heavy atom. The Bertz CT molecular complexity index is 430. The van der Waals surface area contributed by atoms with Gasteiger partial charge in [0, 0.05) is 19.7 Å². The summed E-state index contributed by atoms with van der Waals surface area (Å²) in [7, 11) is 1.80. The molecule has 0 aromatic carbocycles. The van der Waals surface area contributed by atoms with E-state index in [1.807, 2.05) is 13.8 Å². The molecule has 0 spiro atoms. The second-order valence-corrected chi connectivity index (χ2v) is 4.64. The van der Waals surface area contributed by atoms with Crippen LogP contribution >= 0.6 is 0 Å². The molecule has 19 heavy (non-hydrogen) atoms. The number of carbonyl (C=O) groups excluding carboxylic acids is 1. The second kappa shape index (κ2) is 6.01. The molecule has 1 atom stereocenters. The van der Waals surface area contributed by atoms with Gasteiger partial charge < -0.3 is 19.5 Å². The van der Waals surface area contributed by atoms with Gasteiger partial charge in [-0.05, 0) is 26.7 Å². The van der Waals surface area contributed by atoms with Gasteiger partial charge in [-0.15, -0.1) is 0 Å². The highest BCUT2D eigenvalue weighted by Crippen LogP contribution is 2.25. The molecule has 2 amide bonds. The first-order valence-electron chi connectivity index (χ1n) is 6.56. The lowest BCUT2D eigenvalue weighted by atomic mass is 10.4. The number of rotatable bonds is 6. The molecule has 1 aliphatic rings. The van der Waals surface area contributed by atoms with E-state index in [1.54, 1.807) is 11.9 Å². The van der Waals surface area contributed by atoms with Gasteiger partial charge in [0.2, 0.25) is 5.89 Å². The van der Waals surface area contributed by atoms with Crippen molar-refractivity contribution in [2.75, 3.05) is 13.7 Å². The van der Waals surface area contributed by atoms with E-state index in [2.05, 4.69) is 15.5 Å². The third-order valence-corrected chi connectivity index (χ3v) is 3.07. The molecule has 2 rings (SSSR count). The summed E-state index contributed by atoms with van der Waals surface area (Å²) in [5, 5.41) is 6.58. The van der Waals surface area contributed by atoms with Crippen LogP contribution in [-0.4, -0.2) is 40.8 Å². The van der Waals surface area contributed by atoms with Crippen LogP contribution in [0.2, 0.25) is 0 Å². The predicted octanol–water partition coefficient (Wildman–Crippen LogP) is 1.47. The molecule has 7 nitrogen and oxygen atoms in total. The summed E-state index contributed by atoms with van der Waals surface area (Å²) in [5.74, 6) is 0.890. The number of hydrogen-bond acceptors (Lipinski definition) is 5. The number of urea groups is 1. The van der Waals surface area contributed by atoms with Gasteiger partial charge >= 0.3 is 6.03 Å². The van der Waals surface area contributed by atoms with Gasteiger partial charge in [0.1, 0.15) is 6.10 Å². The SMILES string of the molecule is CCO[C@@H](C)c1noc(CNC(=O)N(C)C2CC2)n1. The van der Waals surface area contributed by atoms with E-state index in [1.165, 1.54) is 0 Å². The summed E-state index contributed by atoms with van der Waals surface area (Å²) in [6.07, 6.45) is 1.97. The second-order valence-electron chi connectivity index (χ2n) is 4.64. The maximum atomic E-state index is 11.7. The van der Waals surface area contributed by atoms with Crippen molar-refractivity contribution < 1.29 is 14.1 Å². The normalized spacial score (nSPS) is 16.2. The van der Waals surface area contributed by atoms with Crippen LogP contribution in [0, 0.1) is 0 Å². The van der Waals surface area contributed by atoms with Crippen LogP contribution in [0.5, 0.6) is 0 Å². The minimum Gasteiger partial charge on any atom is -0.371 e. The van der Waals surface area contributed by atoms with Crippen LogP contribution in [0.4, 0.5) is 4.79 Å². The van der Waals surface area contributed by atoms with Crippen LogP contribution in [-0.2, 0) is 11.3 Å². The lowest BCUT2D eigenvalue weighted by molar-refractivity contribution is 0.0683. The molecular formula is C12H20N4O3. The molecule has 0 radical (unpaired) electrons. The van der Waals surface area contributed by atoms with Crippen LogP contribution in [0.1, 0.15) is 44.5 Å². The van der Waals surface area contributed by atoms with Crippen molar-refractivity contribution in [3.8, 4) is 0 Å². The van der Waals surface area contributed by atoms with E-state index < -0.39 is 0 Å². The first-order valence-corrected chi connectivity index (χ1v) is 6.56. The molecule has 1 aromatic heterocycles. The van der Waals surface area contributed by atoms with E-state index in [4.69, 9.17) is 9.26 Å². The summed E-state index contributed by atoms with van der Waals surface area (Å²) >= 11 is 0. The Balaban J connectivity index is 1.81. The minimum absolute atomic E-state index is 0.111. The summed E-state index contributed by atoms with van der Waals surface area (Å²) < 4.78 is 10.4. The Morgan fingerprint density at radius 2 is 2.37 bits per heavy atom. The summed E-state index contributed by atoms with van der Waals surface area (Å²) in [4.78, 5) is 17.6. The largest absolute Gasteiger partial charge is 0.371 e. The summed E-state index contributed by atoms with van der Waals surface area (Å²) in [5.41, 5.74) is 0. The van der Waals surface area contributed by atoms with Crippen LogP contribution in [0.3, 0.4) is 0 Å². The lowest BCUT2D eigenvalue weighted by Gasteiger charge is -2.15. The molecule has 0 aliphatic heterocycles. The first kappa shape index (κ1) is 13.8. The van der Waals surface area contributed by atoms with E-state index in [9.17, 15) is 4.79 Å². The Morgan fingerprint density at radius 3 is 3.00 bits per heavy atom. The Labute approximate surface area is 112 Å². The standard InChI is InChI=1S/C12H20N4O3/c1-4-18-8(2)11-14-10(19-15-11)7-13-12(17)16(3)9-5-6-9/h8-9H,4-7H2,1-3H3,(H,13,17)/t8-/m0/s1. The zero-order valence-electron chi connectivity index (χ0n) is 11.5. The lowest BCUT2D eigenvalue weighted by Crippen LogP contribution is -2.38. The molecule has 7 heteroatoms.